The molecule has 0 rings (SSSR count). The molecule has 0 saturated carbocycles. The quantitative estimate of drug-likeness (QED) is 0.402. The summed E-state index contributed by atoms with van der Waals surface area (Å²) in [6, 6.07) is 2.47. The van der Waals surface area contributed by atoms with Crippen LogP contribution in [0, 0.1) is 34.8 Å². The topological polar surface area (TPSA) is 47.6 Å². The highest BCUT2D eigenvalue weighted by molar-refractivity contribution is 4.99. The van der Waals surface area contributed by atoms with E-state index in [2.05, 4.69) is 0 Å². The van der Waals surface area contributed by atoms with Crippen LogP contribution in [0.4, 0.5) is 17.6 Å². The van der Waals surface area contributed by atoms with E-state index in [0.717, 1.165) is 0 Å². The number of alkyl halides is 3. The normalized spacial score (nSPS) is 7.09. The van der Waals surface area contributed by atoms with E-state index >= 15 is 0 Å². The smallest absolute Gasteiger partial charge is 0.181 e. The molecule has 0 N–H and O–H groups in total. The van der Waals surface area contributed by atoms with E-state index in [1.165, 1.54) is 12.1 Å². The Morgan fingerprint density at radius 3 is 1.36 bits per heavy atom. The lowest BCUT2D eigenvalue weighted by Gasteiger charge is -1.88. The van der Waals surface area contributed by atoms with Crippen LogP contribution >= 0.6 is 0 Å². The molecule has 0 aliphatic carbocycles. The summed E-state index contributed by atoms with van der Waals surface area (Å²) in [5.74, 6) is 0.368. The molecule has 0 aromatic rings. The van der Waals surface area contributed by atoms with Gasteiger partial charge < -0.3 is 0 Å². The number of nitriles is 2. The Morgan fingerprint density at radius 2 is 1.36 bits per heavy atom. The lowest BCUT2D eigenvalue weighted by molar-refractivity contribution is -0.0699. The van der Waals surface area contributed by atoms with Crippen molar-refractivity contribution in [3.05, 3.63) is 0 Å². The SMILES string of the molecule is FC#CC(F)(F)F.N#CC#N. The zero-order valence-corrected chi connectivity index (χ0v) is 4.91. The molecule has 0 fully saturated rings. The van der Waals surface area contributed by atoms with Crippen LogP contribution in [-0.2, 0) is 0 Å². The number of hydrogen-bond acceptors (Lipinski definition) is 2. The molecule has 0 aliphatic heterocycles. The van der Waals surface area contributed by atoms with Gasteiger partial charge in [-0.2, -0.15) is 23.7 Å². The van der Waals surface area contributed by atoms with E-state index in [-0.39, 0.29) is 6.17 Å². The van der Waals surface area contributed by atoms with Crippen LogP contribution in [0.2, 0.25) is 0 Å². The van der Waals surface area contributed by atoms with E-state index in [9.17, 15) is 17.6 Å². The van der Waals surface area contributed by atoms with Crippen molar-refractivity contribution in [2.45, 2.75) is 6.18 Å². The van der Waals surface area contributed by atoms with Crippen molar-refractivity contribution < 1.29 is 17.6 Å². The summed E-state index contributed by atoms with van der Waals surface area (Å²) < 4.78 is 42.3. The molecular formula is C5F4N2. The van der Waals surface area contributed by atoms with Crippen molar-refractivity contribution in [3.8, 4) is 24.2 Å². The maximum Gasteiger partial charge on any atom is 0.460 e. The fourth-order valence-corrected chi connectivity index (χ4v) is 0.0536. The van der Waals surface area contributed by atoms with Gasteiger partial charge in [-0.3, -0.25) is 0 Å². The number of rotatable bonds is 0. The molecule has 0 atom stereocenters. The van der Waals surface area contributed by atoms with E-state index in [1.807, 2.05) is 0 Å². The van der Waals surface area contributed by atoms with Crippen molar-refractivity contribution in [3.63, 3.8) is 0 Å². The number of hydrogen-bond donors (Lipinski definition) is 0. The minimum Gasteiger partial charge on any atom is -0.181 e. The van der Waals surface area contributed by atoms with E-state index < -0.39 is 6.18 Å². The number of nitrogens with zero attached hydrogens (tertiary/aromatic N) is 2. The van der Waals surface area contributed by atoms with Crippen LogP contribution in [0.25, 0.3) is 0 Å². The average molecular weight is 164 g/mol. The molecule has 0 bridgehead atoms. The average Bonchev–Trinajstić information content (AvgIpc) is 1.86. The molecule has 11 heavy (non-hydrogen) atoms. The predicted molar refractivity (Wildman–Crippen MR) is 26.2 cm³/mol. The molecule has 0 aliphatic rings. The molecule has 0 saturated heterocycles. The largest absolute Gasteiger partial charge is 0.460 e. The van der Waals surface area contributed by atoms with Gasteiger partial charge >= 0.3 is 6.18 Å². The summed E-state index contributed by atoms with van der Waals surface area (Å²) in [4.78, 5) is 0. The molecule has 0 unspecified atom stereocenters. The Morgan fingerprint density at radius 1 is 1.00 bits per heavy atom. The Hall–Kier alpha value is -1.74. The lowest BCUT2D eigenvalue weighted by atomic mass is 10.7. The Bertz CT molecular complexity index is 218. The second kappa shape index (κ2) is 6.38. The third kappa shape index (κ3) is 30.5. The van der Waals surface area contributed by atoms with Crippen LogP contribution in [-0.4, -0.2) is 6.18 Å². The van der Waals surface area contributed by atoms with E-state index in [4.69, 9.17) is 10.5 Å². The van der Waals surface area contributed by atoms with Crippen molar-refractivity contribution in [1.29, 1.82) is 10.5 Å². The summed E-state index contributed by atoms with van der Waals surface area (Å²) in [7, 11) is 0. The van der Waals surface area contributed by atoms with Crippen molar-refractivity contribution in [1.82, 2.24) is 0 Å². The Labute approximate surface area is 59.7 Å². The van der Waals surface area contributed by atoms with Crippen molar-refractivity contribution in [2.75, 3.05) is 0 Å². The van der Waals surface area contributed by atoms with E-state index in [1.54, 1.807) is 0 Å². The molecule has 0 aromatic heterocycles. The number of halogens is 4. The highest BCUT2D eigenvalue weighted by atomic mass is 19.4. The maximum absolute atomic E-state index is 10.6. The van der Waals surface area contributed by atoms with Gasteiger partial charge in [0.25, 0.3) is 0 Å². The van der Waals surface area contributed by atoms with Crippen molar-refractivity contribution >= 4 is 0 Å². The summed E-state index contributed by atoms with van der Waals surface area (Å²) in [5, 5.41) is 14.5. The second-order valence-electron chi connectivity index (χ2n) is 0.941. The van der Waals surface area contributed by atoms with Gasteiger partial charge in [0.1, 0.15) is 6.17 Å². The summed E-state index contributed by atoms with van der Waals surface area (Å²) in [6.07, 6.45) is -4.45. The first-order chi connectivity index (χ1) is 4.97. The molecular weight excluding hydrogens is 164 g/mol. The van der Waals surface area contributed by atoms with Gasteiger partial charge in [0, 0.05) is 5.92 Å². The zero-order chi connectivity index (χ0) is 9.33. The van der Waals surface area contributed by atoms with E-state index in [0.29, 0.717) is 5.92 Å². The van der Waals surface area contributed by atoms with Crippen LogP contribution in [0.15, 0.2) is 0 Å². The fraction of sp³-hybridized carbons (Fsp3) is 0.200. The standard InChI is InChI=1S/C3F4.C2N2/c4-2-1-3(5,6)7;3-1-2-4. The third-order valence-corrected chi connectivity index (χ3v) is 0.239. The molecule has 0 aromatic carbocycles. The monoisotopic (exact) mass is 164 g/mol. The van der Waals surface area contributed by atoms with Gasteiger partial charge in [0.15, 0.2) is 12.1 Å². The molecule has 0 heterocycles. The zero-order valence-electron chi connectivity index (χ0n) is 4.91. The van der Waals surface area contributed by atoms with Crippen LogP contribution in [0.1, 0.15) is 0 Å². The summed E-state index contributed by atoms with van der Waals surface area (Å²) in [6.45, 7) is 0. The van der Waals surface area contributed by atoms with Gasteiger partial charge in [-0.05, 0) is 0 Å². The van der Waals surface area contributed by atoms with Gasteiger partial charge in [0.2, 0.25) is 0 Å². The van der Waals surface area contributed by atoms with Crippen LogP contribution in [0.3, 0.4) is 0 Å². The van der Waals surface area contributed by atoms with Gasteiger partial charge in [-0.15, -0.1) is 4.39 Å². The fourth-order valence-electron chi connectivity index (χ4n) is 0.0536. The maximum atomic E-state index is 10.6. The first-order valence-corrected chi connectivity index (χ1v) is 1.95. The minimum absolute atomic E-state index is 0.233. The van der Waals surface area contributed by atoms with Gasteiger partial charge in [-0.25, -0.2) is 0 Å². The second-order valence-corrected chi connectivity index (χ2v) is 0.941. The van der Waals surface area contributed by atoms with Gasteiger partial charge in [0.05, 0.1) is 0 Å². The Balaban J connectivity index is 0. The first kappa shape index (κ1) is 12.0. The van der Waals surface area contributed by atoms with Crippen LogP contribution < -0.4 is 0 Å². The summed E-state index contributed by atoms with van der Waals surface area (Å²) in [5.41, 5.74) is 0. The predicted octanol–water partition coefficient (Wildman–Crippen LogP) is 1.51. The molecule has 0 radical (unpaired) electrons. The van der Waals surface area contributed by atoms with Crippen molar-refractivity contribution in [2.24, 2.45) is 0 Å². The first-order valence-electron chi connectivity index (χ1n) is 1.95. The third-order valence-electron chi connectivity index (χ3n) is 0.239. The summed E-state index contributed by atoms with van der Waals surface area (Å²) >= 11 is 0. The molecule has 6 heteroatoms. The molecule has 58 valence electrons. The highest BCUT2D eigenvalue weighted by Gasteiger charge is 2.23. The van der Waals surface area contributed by atoms with Crippen LogP contribution in [0.5, 0.6) is 0 Å². The molecule has 0 spiro atoms. The van der Waals surface area contributed by atoms with Gasteiger partial charge in [-0.1, -0.05) is 0 Å². The molecule has 0 amide bonds. The minimum atomic E-state index is -4.69. The highest BCUT2D eigenvalue weighted by Crippen LogP contribution is 2.11. The Kier molecular flexibility index (Phi) is 6.95. The molecule has 2 nitrogen and oxygen atoms in total. The lowest BCUT2D eigenvalue weighted by Crippen LogP contribution is -2.00.